The molecule has 0 saturated heterocycles. The van der Waals surface area contributed by atoms with E-state index in [2.05, 4.69) is 22.0 Å². The van der Waals surface area contributed by atoms with Crippen molar-refractivity contribution in [1.29, 1.82) is 5.26 Å². The minimum absolute atomic E-state index is 0.0390. The molecule has 0 radical (unpaired) electrons. The summed E-state index contributed by atoms with van der Waals surface area (Å²) in [6.45, 7) is 0.706. The number of likely N-dealkylation sites (N-methyl/N-ethyl adjacent to an activating group) is 1. The summed E-state index contributed by atoms with van der Waals surface area (Å²) >= 11 is 5.08. The van der Waals surface area contributed by atoms with Gasteiger partial charge in [0.25, 0.3) is 0 Å². The first-order valence-corrected chi connectivity index (χ1v) is 6.64. The molecule has 1 heterocycles. The molecule has 86 valence electrons. The molecular weight excluding hydrogens is 288 g/mol. The van der Waals surface area contributed by atoms with E-state index in [0.29, 0.717) is 19.4 Å². The van der Waals surface area contributed by atoms with Crippen molar-refractivity contribution >= 4 is 33.2 Å². The van der Waals surface area contributed by atoms with Gasteiger partial charge in [-0.3, -0.25) is 4.79 Å². The minimum atomic E-state index is 0.0390. The van der Waals surface area contributed by atoms with Gasteiger partial charge in [0.05, 0.1) is 6.07 Å². The summed E-state index contributed by atoms with van der Waals surface area (Å²) in [5, 5.41) is 10.4. The topological polar surface area (TPSA) is 44.1 Å². The molecule has 1 amide bonds. The maximum atomic E-state index is 11.5. The lowest BCUT2D eigenvalue weighted by Gasteiger charge is -2.15. The molecule has 0 unspecified atom stereocenters. The number of thiophene rings is 1. The average molecular weight is 301 g/mol. The predicted molar refractivity (Wildman–Crippen MR) is 68.2 cm³/mol. The second kappa shape index (κ2) is 6.66. The Labute approximate surface area is 108 Å². The molecule has 0 saturated carbocycles. The zero-order valence-electron chi connectivity index (χ0n) is 9.07. The molecule has 0 aromatic carbocycles. The van der Waals surface area contributed by atoms with Gasteiger partial charge in [0.1, 0.15) is 0 Å². The molecule has 0 aliphatic carbocycles. The van der Waals surface area contributed by atoms with Crippen LogP contribution >= 0.6 is 27.3 Å². The lowest BCUT2D eigenvalue weighted by molar-refractivity contribution is -0.129. The third kappa shape index (κ3) is 4.33. The molecule has 0 bridgehead atoms. The van der Waals surface area contributed by atoms with Crippen LogP contribution in [0.25, 0.3) is 0 Å². The van der Waals surface area contributed by atoms with Crippen LogP contribution in [0.3, 0.4) is 0 Å². The van der Waals surface area contributed by atoms with Gasteiger partial charge in [-0.05, 0) is 28.4 Å². The standard InChI is InChI=1S/C11H13BrN2OS/c1-14(11(15)3-2-5-13)6-4-10-7-9(12)8-16-10/h7-8H,2-4,6H2,1H3. The number of rotatable bonds is 5. The molecule has 0 atom stereocenters. The highest BCUT2D eigenvalue weighted by Gasteiger charge is 2.08. The van der Waals surface area contributed by atoms with Crippen molar-refractivity contribution in [1.82, 2.24) is 4.90 Å². The third-order valence-corrected chi connectivity index (χ3v) is 3.95. The summed E-state index contributed by atoms with van der Waals surface area (Å²) < 4.78 is 1.09. The van der Waals surface area contributed by atoms with Gasteiger partial charge in [-0.1, -0.05) is 0 Å². The lowest BCUT2D eigenvalue weighted by Crippen LogP contribution is -2.28. The van der Waals surface area contributed by atoms with Crippen molar-refractivity contribution in [3.8, 4) is 6.07 Å². The van der Waals surface area contributed by atoms with Gasteiger partial charge in [-0.2, -0.15) is 5.26 Å². The van der Waals surface area contributed by atoms with E-state index in [4.69, 9.17) is 5.26 Å². The van der Waals surface area contributed by atoms with E-state index in [-0.39, 0.29) is 5.91 Å². The number of halogens is 1. The Morgan fingerprint density at radius 3 is 3.00 bits per heavy atom. The van der Waals surface area contributed by atoms with Crippen LogP contribution in [0, 0.1) is 11.3 Å². The lowest BCUT2D eigenvalue weighted by atomic mass is 10.2. The maximum absolute atomic E-state index is 11.5. The molecular formula is C11H13BrN2OS. The van der Waals surface area contributed by atoms with Crippen LogP contribution in [0.15, 0.2) is 15.9 Å². The highest BCUT2D eigenvalue weighted by Crippen LogP contribution is 2.20. The van der Waals surface area contributed by atoms with Crippen LogP contribution in [0.4, 0.5) is 0 Å². The highest BCUT2D eigenvalue weighted by molar-refractivity contribution is 9.10. The third-order valence-electron chi connectivity index (χ3n) is 2.19. The van der Waals surface area contributed by atoms with E-state index in [1.807, 2.05) is 11.4 Å². The summed E-state index contributed by atoms with van der Waals surface area (Å²) in [6, 6.07) is 4.05. The first kappa shape index (κ1) is 13.2. The summed E-state index contributed by atoms with van der Waals surface area (Å²) in [6.07, 6.45) is 1.49. The number of nitrogens with zero attached hydrogens (tertiary/aromatic N) is 2. The van der Waals surface area contributed by atoms with Crippen molar-refractivity contribution in [3.63, 3.8) is 0 Å². The average Bonchev–Trinajstić information content (AvgIpc) is 2.68. The van der Waals surface area contributed by atoms with E-state index >= 15 is 0 Å². The van der Waals surface area contributed by atoms with E-state index in [0.717, 1.165) is 10.9 Å². The normalized spacial score (nSPS) is 9.81. The maximum Gasteiger partial charge on any atom is 0.223 e. The zero-order chi connectivity index (χ0) is 12.0. The zero-order valence-corrected chi connectivity index (χ0v) is 11.5. The second-order valence-corrected chi connectivity index (χ2v) is 5.37. The monoisotopic (exact) mass is 300 g/mol. The van der Waals surface area contributed by atoms with Crippen LogP contribution in [0.1, 0.15) is 17.7 Å². The van der Waals surface area contributed by atoms with E-state index in [1.165, 1.54) is 4.88 Å². The Hall–Kier alpha value is -0.860. The predicted octanol–water partition coefficient (Wildman–Crippen LogP) is 2.82. The highest BCUT2D eigenvalue weighted by atomic mass is 79.9. The molecule has 0 aliphatic rings. The fourth-order valence-corrected chi connectivity index (χ4v) is 2.69. The van der Waals surface area contributed by atoms with Crippen LogP contribution in [-0.4, -0.2) is 24.4 Å². The molecule has 0 N–H and O–H groups in total. The smallest absolute Gasteiger partial charge is 0.223 e. The second-order valence-electron chi connectivity index (χ2n) is 3.45. The molecule has 1 aromatic rings. The summed E-state index contributed by atoms with van der Waals surface area (Å²) in [5.41, 5.74) is 0. The van der Waals surface area contributed by atoms with Crippen LogP contribution in [0.2, 0.25) is 0 Å². The molecule has 0 fully saturated rings. The van der Waals surface area contributed by atoms with E-state index < -0.39 is 0 Å². The van der Waals surface area contributed by atoms with Gasteiger partial charge >= 0.3 is 0 Å². The van der Waals surface area contributed by atoms with E-state index in [9.17, 15) is 4.79 Å². The van der Waals surface area contributed by atoms with Crippen molar-refractivity contribution in [3.05, 3.63) is 20.8 Å². The molecule has 0 spiro atoms. The Morgan fingerprint density at radius 1 is 1.69 bits per heavy atom. The molecule has 16 heavy (non-hydrogen) atoms. The number of hydrogen-bond acceptors (Lipinski definition) is 3. The summed E-state index contributed by atoms with van der Waals surface area (Å²) in [4.78, 5) is 14.4. The van der Waals surface area contributed by atoms with Crippen molar-refractivity contribution < 1.29 is 4.79 Å². The Kier molecular flexibility index (Phi) is 5.50. The van der Waals surface area contributed by atoms with Gasteiger partial charge in [0.2, 0.25) is 5.91 Å². The van der Waals surface area contributed by atoms with Crippen molar-refractivity contribution in [2.24, 2.45) is 0 Å². The van der Waals surface area contributed by atoms with Gasteiger partial charge < -0.3 is 4.90 Å². The quantitative estimate of drug-likeness (QED) is 0.839. The Balaban J connectivity index is 2.32. The first-order chi connectivity index (χ1) is 7.63. The van der Waals surface area contributed by atoms with E-state index in [1.54, 1.807) is 23.3 Å². The van der Waals surface area contributed by atoms with Gasteiger partial charge in [-0.25, -0.2) is 0 Å². The Bertz CT molecular complexity index is 397. The van der Waals surface area contributed by atoms with Gasteiger partial charge in [0.15, 0.2) is 0 Å². The van der Waals surface area contributed by atoms with Crippen LogP contribution < -0.4 is 0 Å². The van der Waals surface area contributed by atoms with Crippen LogP contribution in [-0.2, 0) is 11.2 Å². The molecule has 3 nitrogen and oxygen atoms in total. The fraction of sp³-hybridized carbons (Fsp3) is 0.455. The SMILES string of the molecule is CN(CCc1cc(Br)cs1)C(=O)CCC#N. The summed E-state index contributed by atoms with van der Waals surface area (Å²) in [5.74, 6) is 0.0390. The van der Waals surface area contributed by atoms with Gasteiger partial charge in [0, 0.05) is 41.2 Å². The molecule has 0 aliphatic heterocycles. The Morgan fingerprint density at radius 2 is 2.44 bits per heavy atom. The molecule has 1 rings (SSSR count). The number of carbonyl (C=O) groups is 1. The number of hydrogen-bond donors (Lipinski definition) is 0. The van der Waals surface area contributed by atoms with Crippen molar-refractivity contribution in [2.45, 2.75) is 19.3 Å². The minimum Gasteiger partial charge on any atom is -0.345 e. The first-order valence-electron chi connectivity index (χ1n) is 4.97. The number of amides is 1. The van der Waals surface area contributed by atoms with Gasteiger partial charge in [-0.15, -0.1) is 11.3 Å². The molecule has 5 heteroatoms. The van der Waals surface area contributed by atoms with Crippen molar-refractivity contribution in [2.75, 3.05) is 13.6 Å². The molecule has 1 aromatic heterocycles. The largest absolute Gasteiger partial charge is 0.345 e. The van der Waals surface area contributed by atoms with Crippen LogP contribution in [0.5, 0.6) is 0 Å². The number of nitriles is 1. The fourth-order valence-electron chi connectivity index (χ4n) is 1.24. The number of carbonyl (C=O) groups excluding carboxylic acids is 1. The summed E-state index contributed by atoms with van der Waals surface area (Å²) in [7, 11) is 1.78.